The highest BCUT2D eigenvalue weighted by molar-refractivity contribution is 7.91. The lowest BCUT2D eigenvalue weighted by Crippen LogP contribution is -2.26. The van der Waals surface area contributed by atoms with Crippen LogP contribution >= 0.6 is 0 Å². The van der Waals surface area contributed by atoms with E-state index in [0.29, 0.717) is 6.54 Å². The van der Waals surface area contributed by atoms with Gasteiger partial charge in [0.25, 0.3) is 0 Å². The molecular formula is C13H16FNO4S. The first kappa shape index (κ1) is 14.9. The van der Waals surface area contributed by atoms with Crippen LogP contribution in [0.4, 0.5) is 4.39 Å². The number of carboxylic acid groups (broad SMARTS) is 1. The molecule has 1 saturated heterocycles. The Morgan fingerprint density at radius 1 is 1.30 bits per heavy atom. The maximum absolute atomic E-state index is 13.3. The van der Waals surface area contributed by atoms with E-state index in [-0.39, 0.29) is 10.6 Å². The number of sulfone groups is 1. The summed E-state index contributed by atoms with van der Waals surface area (Å²) in [6.45, 7) is 2.20. The Hall–Kier alpha value is -1.47. The van der Waals surface area contributed by atoms with Crippen molar-refractivity contribution in [1.82, 2.24) is 4.90 Å². The van der Waals surface area contributed by atoms with Crippen molar-refractivity contribution in [2.75, 3.05) is 25.4 Å². The van der Waals surface area contributed by atoms with Crippen molar-refractivity contribution in [2.45, 2.75) is 17.7 Å². The van der Waals surface area contributed by atoms with Crippen molar-refractivity contribution in [1.29, 1.82) is 0 Å². The van der Waals surface area contributed by atoms with E-state index in [4.69, 9.17) is 5.11 Å². The molecule has 1 aromatic carbocycles. The topological polar surface area (TPSA) is 74.7 Å². The zero-order valence-electron chi connectivity index (χ0n) is 10.9. The molecule has 1 aliphatic heterocycles. The van der Waals surface area contributed by atoms with Crippen LogP contribution in [0.15, 0.2) is 23.1 Å². The van der Waals surface area contributed by atoms with Gasteiger partial charge in [-0.25, -0.2) is 17.6 Å². The van der Waals surface area contributed by atoms with Crippen LogP contribution in [0, 0.1) is 5.82 Å². The van der Waals surface area contributed by atoms with Crippen molar-refractivity contribution in [3.63, 3.8) is 0 Å². The van der Waals surface area contributed by atoms with Gasteiger partial charge in [0.1, 0.15) is 5.82 Å². The average molecular weight is 301 g/mol. The van der Waals surface area contributed by atoms with Crippen LogP contribution in [0.25, 0.3) is 0 Å². The van der Waals surface area contributed by atoms with E-state index in [2.05, 4.69) is 4.90 Å². The number of hydrogen-bond acceptors (Lipinski definition) is 4. The SMILES string of the molecule is O=C(O)c1cc(S(=O)(=O)CCN2CCCC2)ccc1F. The molecule has 7 heteroatoms. The van der Waals surface area contributed by atoms with Crippen LogP contribution in [0.3, 0.4) is 0 Å². The molecule has 0 spiro atoms. The normalized spacial score (nSPS) is 16.4. The Morgan fingerprint density at radius 3 is 2.55 bits per heavy atom. The minimum absolute atomic E-state index is 0.0856. The molecule has 0 bridgehead atoms. The second kappa shape index (κ2) is 5.88. The average Bonchev–Trinajstić information content (AvgIpc) is 2.89. The van der Waals surface area contributed by atoms with Crippen molar-refractivity contribution in [2.24, 2.45) is 0 Å². The first-order chi connectivity index (χ1) is 9.40. The number of likely N-dealkylation sites (tertiary alicyclic amines) is 1. The van der Waals surface area contributed by atoms with E-state index in [0.717, 1.165) is 44.1 Å². The number of halogens is 1. The highest BCUT2D eigenvalue weighted by Gasteiger charge is 2.21. The summed E-state index contributed by atoms with van der Waals surface area (Å²) in [6.07, 6.45) is 2.14. The Kier molecular flexibility index (Phi) is 4.39. The van der Waals surface area contributed by atoms with Crippen LogP contribution in [-0.4, -0.2) is 49.8 Å². The lowest BCUT2D eigenvalue weighted by atomic mass is 10.2. The highest BCUT2D eigenvalue weighted by atomic mass is 32.2. The van der Waals surface area contributed by atoms with Gasteiger partial charge in [0.15, 0.2) is 9.84 Å². The molecule has 0 saturated carbocycles. The Balaban J connectivity index is 2.16. The Morgan fingerprint density at radius 2 is 1.95 bits per heavy atom. The van der Waals surface area contributed by atoms with Gasteiger partial charge in [-0.2, -0.15) is 0 Å². The molecule has 0 amide bonds. The van der Waals surface area contributed by atoms with Gasteiger partial charge in [-0.15, -0.1) is 0 Å². The van der Waals surface area contributed by atoms with E-state index in [1.807, 2.05) is 0 Å². The summed E-state index contributed by atoms with van der Waals surface area (Å²) in [5.41, 5.74) is -0.618. The molecule has 1 N–H and O–H groups in total. The fourth-order valence-electron chi connectivity index (χ4n) is 2.24. The maximum atomic E-state index is 13.3. The molecule has 0 radical (unpaired) electrons. The molecule has 1 aliphatic rings. The van der Waals surface area contributed by atoms with E-state index in [1.54, 1.807) is 0 Å². The number of hydrogen-bond donors (Lipinski definition) is 1. The second-order valence-corrected chi connectivity index (χ2v) is 6.92. The summed E-state index contributed by atoms with van der Waals surface area (Å²) in [6, 6.07) is 2.88. The van der Waals surface area contributed by atoms with E-state index >= 15 is 0 Å². The smallest absolute Gasteiger partial charge is 0.338 e. The van der Waals surface area contributed by atoms with Crippen molar-refractivity contribution in [3.8, 4) is 0 Å². The Labute approximate surface area is 116 Å². The quantitative estimate of drug-likeness (QED) is 0.832. The molecule has 2 rings (SSSR count). The minimum atomic E-state index is -3.59. The second-order valence-electron chi connectivity index (χ2n) is 4.81. The molecule has 5 nitrogen and oxygen atoms in total. The van der Waals surface area contributed by atoms with Crippen LogP contribution in [0.2, 0.25) is 0 Å². The number of carboxylic acids is 1. The van der Waals surface area contributed by atoms with Gasteiger partial charge in [-0.3, -0.25) is 0 Å². The summed E-state index contributed by atoms with van der Waals surface area (Å²) in [7, 11) is -3.59. The first-order valence-electron chi connectivity index (χ1n) is 6.38. The lowest BCUT2D eigenvalue weighted by molar-refractivity contribution is 0.0691. The van der Waals surface area contributed by atoms with Gasteiger partial charge in [-0.1, -0.05) is 0 Å². The van der Waals surface area contributed by atoms with Gasteiger partial charge in [0.2, 0.25) is 0 Å². The zero-order valence-corrected chi connectivity index (χ0v) is 11.7. The third-order valence-electron chi connectivity index (χ3n) is 3.40. The van der Waals surface area contributed by atoms with Gasteiger partial charge >= 0.3 is 5.97 Å². The summed E-state index contributed by atoms with van der Waals surface area (Å²) < 4.78 is 37.5. The van der Waals surface area contributed by atoms with Gasteiger partial charge in [-0.05, 0) is 44.1 Å². The first-order valence-corrected chi connectivity index (χ1v) is 8.03. The van der Waals surface area contributed by atoms with E-state index in [9.17, 15) is 17.6 Å². The zero-order chi connectivity index (χ0) is 14.8. The lowest BCUT2D eigenvalue weighted by Gasteiger charge is -2.14. The number of benzene rings is 1. The molecule has 0 aliphatic carbocycles. The fraction of sp³-hybridized carbons (Fsp3) is 0.462. The molecule has 110 valence electrons. The number of nitrogens with zero attached hydrogens (tertiary/aromatic N) is 1. The largest absolute Gasteiger partial charge is 0.478 e. The molecule has 1 aromatic rings. The van der Waals surface area contributed by atoms with Crippen LogP contribution in [0.1, 0.15) is 23.2 Å². The third-order valence-corrected chi connectivity index (χ3v) is 5.09. The summed E-state index contributed by atoms with van der Waals surface area (Å²) >= 11 is 0. The van der Waals surface area contributed by atoms with Crippen LogP contribution in [-0.2, 0) is 9.84 Å². The van der Waals surface area contributed by atoms with Crippen LogP contribution < -0.4 is 0 Å². The number of aromatic carboxylic acids is 1. The molecule has 1 heterocycles. The highest BCUT2D eigenvalue weighted by Crippen LogP contribution is 2.17. The molecule has 1 fully saturated rings. The van der Waals surface area contributed by atoms with Crippen molar-refractivity contribution >= 4 is 15.8 Å². The van der Waals surface area contributed by atoms with Gasteiger partial charge in [0, 0.05) is 6.54 Å². The molecule has 0 aromatic heterocycles. The molecule has 0 atom stereocenters. The minimum Gasteiger partial charge on any atom is -0.478 e. The van der Waals surface area contributed by atoms with Gasteiger partial charge in [0.05, 0.1) is 16.2 Å². The van der Waals surface area contributed by atoms with Crippen molar-refractivity contribution in [3.05, 3.63) is 29.6 Å². The van der Waals surface area contributed by atoms with E-state index < -0.39 is 27.2 Å². The standard InChI is InChI=1S/C13H16FNO4S/c14-12-4-3-10(9-11(12)13(16)17)20(18,19)8-7-15-5-1-2-6-15/h3-4,9H,1-2,5-8H2,(H,16,17). The maximum Gasteiger partial charge on any atom is 0.338 e. The van der Waals surface area contributed by atoms with Gasteiger partial charge < -0.3 is 10.0 Å². The molecule has 20 heavy (non-hydrogen) atoms. The molecular weight excluding hydrogens is 285 g/mol. The van der Waals surface area contributed by atoms with Crippen molar-refractivity contribution < 1.29 is 22.7 Å². The predicted octanol–water partition coefficient (Wildman–Crippen LogP) is 1.39. The summed E-state index contributed by atoms with van der Waals surface area (Å²) in [4.78, 5) is 12.7. The molecule has 0 unspecified atom stereocenters. The number of rotatable bonds is 5. The monoisotopic (exact) mass is 301 g/mol. The fourth-order valence-corrected chi connectivity index (χ4v) is 3.54. The van der Waals surface area contributed by atoms with Crippen LogP contribution in [0.5, 0.6) is 0 Å². The number of carbonyl (C=O) groups is 1. The Bertz CT molecular complexity index is 609. The van der Waals surface area contributed by atoms with E-state index in [1.165, 1.54) is 0 Å². The third kappa shape index (κ3) is 3.34. The predicted molar refractivity (Wildman–Crippen MR) is 71.1 cm³/mol. The summed E-state index contributed by atoms with van der Waals surface area (Å²) in [5, 5.41) is 8.82. The summed E-state index contributed by atoms with van der Waals surface area (Å²) in [5.74, 6) is -2.49.